The zero-order valence-corrected chi connectivity index (χ0v) is 15.0. The van der Waals surface area contributed by atoms with E-state index in [-0.39, 0.29) is 5.97 Å². The Morgan fingerprint density at radius 2 is 1.90 bits per heavy atom. The third-order valence-electron chi connectivity index (χ3n) is 2.93. The van der Waals surface area contributed by atoms with E-state index in [2.05, 4.69) is 50.9 Å². The quantitative estimate of drug-likeness (QED) is 0.245. The molecule has 0 rings (SSSR count). The standard InChI is InChI=1S/C15H26O2S3/c1-3-17-15(16)8-14(11-20)7-6-13(10-19)5-4-12(2)9-18/h6-8,12-13,18-20H,3-5,9-11H2,1-2H3. The fraction of sp³-hybridized carbons (Fsp3) is 0.667. The van der Waals surface area contributed by atoms with E-state index in [0.717, 1.165) is 29.9 Å². The molecule has 116 valence electrons. The number of hydrogen-bond donors (Lipinski definition) is 3. The fourth-order valence-electron chi connectivity index (χ4n) is 1.58. The van der Waals surface area contributed by atoms with E-state index in [0.29, 0.717) is 24.2 Å². The van der Waals surface area contributed by atoms with Gasteiger partial charge in [-0.15, -0.1) is 0 Å². The third-order valence-corrected chi connectivity index (χ3v) is 4.39. The third kappa shape index (κ3) is 9.83. The van der Waals surface area contributed by atoms with Gasteiger partial charge in [0.25, 0.3) is 0 Å². The smallest absolute Gasteiger partial charge is 0.331 e. The molecular weight excluding hydrogens is 308 g/mol. The van der Waals surface area contributed by atoms with Crippen molar-refractivity contribution in [2.45, 2.75) is 26.7 Å². The highest BCUT2D eigenvalue weighted by molar-refractivity contribution is 7.80. The van der Waals surface area contributed by atoms with Gasteiger partial charge in [-0.25, -0.2) is 4.79 Å². The molecule has 0 saturated carbocycles. The Kier molecular flexibility index (Phi) is 12.7. The molecule has 2 unspecified atom stereocenters. The molecule has 2 atom stereocenters. The zero-order chi connectivity index (χ0) is 15.4. The summed E-state index contributed by atoms with van der Waals surface area (Å²) in [5, 5.41) is 0. The molecule has 0 fully saturated rings. The van der Waals surface area contributed by atoms with Gasteiger partial charge >= 0.3 is 5.97 Å². The van der Waals surface area contributed by atoms with Gasteiger partial charge in [-0.1, -0.05) is 19.1 Å². The predicted molar refractivity (Wildman–Crippen MR) is 97.3 cm³/mol. The second-order valence-electron chi connectivity index (χ2n) is 4.80. The van der Waals surface area contributed by atoms with Crippen molar-refractivity contribution in [3.63, 3.8) is 0 Å². The molecule has 0 amide bonds. The fourth-order valence-corrected chi connectivity index (χ4v) is 2.26. The lowest BCUT2D eigenvalue weighted by atomic mass is 9.98. The number of ether oxygens (including phenoxy) is 1. The summed E-state index contributed by atoms with van der Waals surface area (Å²) < 4.78 is 4.89. The molecule has 5 heteroatoms. The lowest BCUT2D eigenvalue weighted by Crippen LogP contribution is -2.04. The molecule has 0 aromatic heterocycles. The van der Waals surface area contributed by atoms with Gasteiger partial charge in [-0.3, -0.25) is 0 Å². The van der Waals surface area contributed by atoms with Crippen LogP contribution in [0.2, 0.25) is 0 Å². The largest absolute Gasteiger partial charge is 0.463 e. The van der Waals surface area contributed by atoms with Crippen molar-refractivity contribution in [2.24, 2.45) is 11.8 Å². The highest BCUT2D eigenvalue weighted by atomic mass is 32.1. The number of esters is 1. The highest BCUT2D eigenvalue weighted by Gasteiger charge is 2.06. The molecule has 0 radical (unpaired) electrons. The minimum atomic E-state index is -0.313. The molecular formula is C15H26O2S3. The number of carbonyl (C=O) groups excluding carboxylic acids is 1. The van der Waals surface area contributed by atoms with Gasteiger partial charge in [-0.05, 0) is 48.7 Å². The van der Waals surface area contributed by atoms with Crippen LogP contribution in [0.5, 0.6) is 0 Å². The van der Waals surface area contributed by atoms with Gasteiger partial charge in [0, 0.05) is 11.8 Å². The normalized spacial score (nSPS) is 15.3. The molecule has 0 aliphatic heterocycles. The molecule has 0 N–H and O–H groups in total. The SMILES string of the molecule is CCOC(=O)C=C(C=CC(CS)CCC(C)CS)CS. The maximum absolute atomic E-state index is 11.4. The summed E-state index contributed by atoms with van der Waals surface area (Å²) in [4.78, 5) is 11.4. The van der Waals surface area contributed by atoms with E-state index in [1.807, 2.05) is 6.08 Å². The van der Waals surface area contributed by atoms with Crippen molar-refractivity contribution >= 4 is 43.9 Å². The molecule has 0 aromatic rings. The van der Waals surface area contributed by atoms with Crippen LogP contribution in [0, 0.1) is 11.8 Å². The first-order valence-corrected chi connectivity index (χ1v) is 8.85. The van der Waals surface area contributed by atoms with Gasteiger partial charge in [0.2, 0.25) is 0 Å². The molecule has 0 saturated heterocycles. The Morgan fingerprint density at radius 1 is 1.20 bits per heavy atom. The highest BCUT2D eigenvalue weighted by Crippen LogP contribution is 2.17. The van der Waals surface area contributed by atoms with Crippen molar-refractivity contribution in [1.82, 2.24) is 0 Å². The van der Waals surface area contributed by atoms with Gasteiger partial charge in [-0.2, -0.15) is 37.9 Å². The zero-order valence-electron chi connectivity index (χ0n) is 12.3. The lowest BCUT2D eigenvalue weighted by molar-refractivity contribution is -0.137. The van der Waals surface area contributed by atoms with E-state index in [1.165, 1.54) is 6.08 Å². The Hall–Kier alpha value is -0.000000000000000111. The second kappa shape index (κ2) is 12.7. The first kappa shape index (κ1) is 20.0. The van der Waals surface area contributed by atoms with Crippen LogP contribution in [0.1, 0.15) is 26.7 Å². The van der Waals surface area contributed by atoms with Crippen molar-refractivity contribution in [3.8, 4) is 0 Å². The molecule has 2 nitrogen and oxygen atoms in total. The van der Waals surface area contributed by atoms with Crippen LogP contribution in [0.15, 0.2) is 23.8 Å². The summed E-state index contributed by atoms with van der Waals surface area (Å²) in [6, 6.07) is 0. The van der Waals surface area contributed by atoms with Crippen LogP contribution in [-0.4, -0.2) is 29.8 Å². The van der Waals surface area contributed by atoms with Crippen molar-refractivity contribution in [1.29, 1.82) is 0 Å². The molecule has 20 heavy (non-hydrogen) atoms. The summed E-state index contributed by atoms with van der Waals surface area (Å²) >= 11 is 12.9. The van der Waals surface area contributed by atoms with E-state index < -0.39 is 0 Å². The lowest BCUT2D eigenvalue weighted by Gasteiger charge is -2.13. The molecule has 0 spiro atoms. The van der Waals surface area contributed by atoms with Crippen LogP contribution in [0.4, 0.5) is 0 Å². The molecule has 0 aromatic carbocycles. The topological polar surface area (TPSA) is 26.3 Å². The van der Waals surface area contributed by atoms with Gasteiger partial charge in [0.05, 0.1) is 6.61 Å². The van der Waals surface area contributed by atoms with Crippen molar-refractivity contribution < 1.29 is 9.53 Å². The average molecular weight is 335 g/mol. The van der Waals surface area contributed by atoms with Crippen LogP contribution in [0.3, 0.4) is 0 Å². The second-order valence-corrected chi connectivity index (χ2v) is 5.84. The number of rotatable bonds is 10. The molecule has 0 bridgehead atoms. The summed E-state index contributed by atoms with van der Waals surface area (Å²) in [6.45, 7) is 4.38. The monoisotopic (exact) mass is 334 g/mol. The van der Waals surface area contributed by atoms with E-state index in [1.54, 1.807) is 6.92 Å². The molecule has 0 aliphatic rings. The van der Waals surface area contributed by atoms with Gasteiger partial charge in [0.15, 0.2) is 0 Å². The maximum Gasteiger partial charge on any atom is 0.331 e. The van der Waals surface area contributed by atoms with Crippen molar-refractivity contribution in [3.05, 3.63) is 23.8 Å². The number of allylic oxidation sites excluding steroid dienone is 2. The average Bonchev–Trinajstić information content (AvgIpc) is 2.45. The van der Waals surface area contributed by atoms with Gasteiger partial charge < -0.3 is 4.74 Å². The van der Waals surface area contributed by atoms with E-state index in [4.69, 9.17) is 4.74 Å². The summed E-state index contributed by atoms with van der Waals surface area (Å²) in [6.07, 6.45) is 7.78. The Balaban J connectivity index is 4.47. The minimum absolute atomic E-state index is 0.313. The van der Waals surface area contributed by atoms with Crippen LogP contribution in [0.25, 0.3) is 0 Å². The molecule has 0 heterocycles. The van der Waals surface area contributed by atoms with E-state index in [9.17, 15) is 4.79 Å². The Morgan fingerprint density at radius 3 is 2.40 bits per heavy atom. The van der Waals surface area contributed by atoms with Crippen LogP contribution in [-0.2, 0) is 9.53 Å². The first-order valence-electron chi connectivity index (χ1n) is 6.95. The van der Waals surface area contributed by atoms with Crippen LogP contribution >= 0.6 is 37.9 Å². The maximum atomic E-state index is 11.4. The minimum Gasteiger partial charge on any atom is -0.463 e. The van der Waals surface area contributed by atoms with E-state index >= 15 is 0 Å². The predicted octanol–water partition coefficient (Wildman–Crippen LogP) is 3.85. The Labute approximate surface area is 139 Å². The summed E-state index contributed by atoms with van der Waals surface area (Å²) in [7, 11) is 0. The molecule has 0 aliphatic carbocycles. The summed E-state index contributed by atoms with van der Waals surface area (Å²) in [5.41, 5.74) is 0.862. The Bertz CT molecular complexity index is 327. The first-order chi connectivity index (χ1) is 9.57. The summed E-state index contributed by atoms with van der Waals surface area (Å²) in [5.74, 6) is 2.94. The number of carbonyl (C=O) groups is 1. The number of thiol groups is 3. The number of hydrogen-bond acceptors (Lipinski definition) is 5. The van der Waals surface area contributed by atoms with Gasteiger partial charge in [0.1, 0.15) is 0 Å². The van der Waals surface area contributed by atoms with Crippen molar-refractivity contribution in [2.75, 3.05) is 23.9 Å². The van der Waals surface area contributed by atoms with Crippen LogP contribution < -0.4 is 0 Å².